The number of rotatable bonds is 4. The molecule has 5 nitrogen and oxygen atoms in total. The molecule has 1 aromatic carbocycles. The highest BCUT2D eigenvalue weighted by Crippen LogP contribution is 2.37. The highest BCUT2D eigenvalue weighted by atomic mass is 35.5. The minimum Gasteiger partial charge on any atom is -0.490 e. The van der Waals surface area contributed by atoms with Crippen molar-refractivity contribution in [3.8, 4) is 5.75 Å². The Morgan fingerprint density at radius 2 is 2.17 bits per heavy atom. The molecular formula is C18H24ClNO4. The molecule has 2 saturated heterocycles. The number of hydrogen-bond acceptors (Lipinski definition) is 5. The standard InChI is InChI=1S/C18H24ClNO4/c19-13-4-5-16-17(9-13)21-8-6-20(16)14-10-15(23-11-14)12-24-18-3-1-2-7-22-18/h4-5,9,14-15,18H,1-3,6-8,10-12H2. The summed E-state index contributed by atoms with van der Waals surface area (Å²) in [4.78, 5) is 2.38. The Labute approximate surface area is 147 Å². The third-order valence-corrected chi connectivity index (χ3v) is 5.16. The van der Waals surface area contributed by atoms with Gasteiger partial charge in [0.2, 0.25) is 0 Å². The van der Waals surface area contributed by atoms with E-state index < -0.39 is 0 Å². The first-order chi connectivity index (χ1) is 11.8. The SMILES string of the molecule is Clc1ccc2c(c1)OCCN2C1COC(COC2CCCCO2)C1. The first-order valence-electron chi connectivity index (χ1n) is 8.83. The molecular weight excluding hydrogens is 330 g/mol. The molecule has 0 radical (unpaired) electrons. The summed E-state index contributed by atoms with van der Waals surface area (Å²) in [5, 5.41) is 0.706. The number of ether oxygens (including phenoxy) is 4. The van der Waals surface area contributed by atoms with Crippen LogP contribution in [-0.2, 0) is 14.2 Å². The molecule has 4 rings (SSSR count). The zero-order valence-electron chi connectivity index (χ0n) is 13.8. The van der Waals surface area contributed by atoms with Gasteiger partial charge in [0.1, 0.15) is 12.4 Å². The van der Waals surface area contributed by atoms with Crippen LogP contribution in [0.25, 0.3) is 0 Å². The molecule has 24 heavy (non-hydrogen) atoms. The van der Waals surface area contributed by atoms with Gasteiger partial charge in [-0.2, -0.15) is 0 Å². The monoisotopic (exact) mass is 353 g/mol. The van der Waals surface area contributed by atoms with Crippen LogP contribution in [0.4, 0.5) is 5.69 Å². The zero-order chi connectivity index (χ0) is 16.4. The van der Waals surface area contributed by atoms with Gasteiger partial charge in [0.15, 0.2) is 6.29 Å². The van der Waals surface area contributed by atoms with E-state index in [4.69, 9.17) is 30.5 Å². The van der Waals surface area contributed by atoms with Crippen LogP contribution >= 0.6 is 11.6 Å². The lowest BCUT2D eigenvalue weighted by molar-refractivity contribution is -0.175. The topological polar surface area (TPSA) is 40.2 Å². The molecule has 0 aliphatic carbocycles. The first kappa shape index (κ1) is 16.5. The summed E-state index contributed by atoms with van der Waals surface area (Å²) < 4.78 is 23.2. The molecule has 3 aliphatic rings. The van der Waals surface area contributed by atoms with Crippen LogP contribution in [-0.4, -0.2) is 51.4 Å². The summed E-state index contributed by atoms with van der Waals surface area (Å²) in [6, 6.07) is 6.20. The fraction of sp³-hybridized carbons (Fsp3) is 0.667. The second-order valence-electron chi connectivity index (χ2n) is 6.63. The number of fused-ring (bicyclic) bond motifs is 1. The van der Waals surface area contributed by atoms with Crippen molar-refractivity contribution in [2.24, 2.45) is 0 Å². The van der Waals surface area contributed by atoms with Crippen LogP contribution in [0, 0.1) is 0 Å². The van der Waals surface area contributed by atoms with Crippen LogP contribution in [0.3, 0.4) is 0 Å². The van der Waals surface area contributed by atoms with Crippen LogP contribution in [0.1, 0.15) is 25.7 Å². The maximum Gasteiger partial charge on any atom is 0.157 e. The summed E-state index contributed by atoms with van der Waals surface area (Å²) in [6.07, 6.45) is 4.38. The fourth-order valence-corrected chi connectivity index (χ4v) is 3.83. The Balaban J connectivity index is 1.34. The average Bonchev–Trinajstić information content (AvgIpc) is 3.09. The lowest BCUT2D eigenvalue weighted by Crippen LogP contribution is -2.41. The lowest BCUT2D eigenvalue weighted by atomic mass is 10.1. The van der Waals surface area contributed by atoms with E-state index in [1.807, 2.05) is 18.2 Å². The Morgan fingerprint density at radius 1 is 1.21 bits per heavy atom. The van der Waals surface area contributed by atoms with Gasteiger partial charge in [-0.1, -0.05) is 11.6 Å². The summed E-state index contributed by atoms with van der Waals surface area (Å²) in [6.45, 7) is 3.70. The minimum atomic E-state index is -0.0485. The lowest BCUT2D eigenvalue weighted by Gasteiger charge is -2.35. The number of halogens is 1. The number of hydrogen-bond donors (Lipinski definition) is 0. The predicted octanol–water partition coefficient (Wildman–Crippen LogP) is 3.24. The molecule has 0 N–H and O–H groups in total. The molecule has 0 amide bonds. The van der Waals surface area contributed by atoms with Gasteiger partial charge in [-0.3, -0.25) is 0 Å². The van der Waals surface area contributed by atoms with Crippen LogP contribution < -0.4 is 9.64 Å². The second kappa shape index (κ2) is 7.48. The second-order valence-corrected chi connectivity index (χ2v) is 7.06. The van der Waals surface area contributed by atoms with E-state index in [9.17, 15) is 0 Å². The van der Waals surface area contributed by atoms with Gasteiger partial charge < -0.3 is 23.8 Å². The van der Waals surface area contributed by atoms with Gasteiger partial charge in [0, 0.05) is 17.7 Å². The number of nitrogens with zero attached hydrogens (tertiary/aromatic N) is 1. The van der Waals surface area contributed by atoms with Crippen molar-refractivity contribution >= 4 is 17.3 Å². The molecule has 3 atom stereocenters. The third kappa shape index (κ3) is 3.64. The van der Waals surface area contributed by atoms with E-state index in [1.165, 1.54) is 6.42 Å². The van der Waals surface area contributed by atoms with Crippen molar-refractivity contribution in [3.63, 3.8) is 0 Å². The molecule has 0 aromatic heterocycles. The van der Waals surface area contributed by atoms with Crippen LogP contribution in [0.2, 0.25) is 5.02 Å². The first-order valence-corrected chi connectivity index (χ1v) is 9.21. The van der Waals surface area contributed by atoms with Crippen molar-refractivity contribution in [1.82, 2.24) is 0 Å². The molecule has 3 heterocycles. The van der Waals surface area contributed by atoms with Crippen molar-refractivity contribution in [2.75, 3.05) is 37.9 Å². The molecule has 6 heteroatoms. The van der Waals surface area contributed by atoms with Crippen molar-refractivity contribution in [2.45, 2.75) is 44.1 Å². The fourth-order valence-electron chi connectivity index (χ4n) is 3.67. The molecule has 1 aromatic rings. The summed E-state index contributed by atoms with van der Waals surface area (Å²) >= 11 is 6.07. The Morgan fingerprint density at radius 3 is 3.04 bits per heavy atom. The highest BCUT2D eigenvalue weighted by molar-refractivity contribution is 6.30. The van der Waals surface area contributed by atoms with Crippen molar-refractivity contribution in [3.05, 3.63) is 23.2 Å². The van der Waals surface area contributed by atoms with E-state index in [2.05, 4.69) is 4.90 Å². The Hall–Kier alpha value is -1.01. The highest BCUT2D eigenvalue weighted by Gasteiger charge is 2.33. The molecule has 0 bridgehead atoms. The quantitative estimate of drug-likeness (QED) is 0.831. The Kier molecular flexibility index (Phi) is 5.13. The van der Waals surface area contributed by atoms with Gasteiger partial charge in [-0.25, -0.2) is 0 Å². The predicted molar refractivity (Wildman–Crippen MR) is 92.0 cm³/mol. The van der Waals surface area contributed by atoms with Gasteiger partial charge in [-0.05, 0) is 37.8 Å². The normalized spacial score (nSPS) is 30.0. The van der Waals surface area contributed by atoms with Gasteiger partial charge in [0.25, 0.3) is 0 Å². The molecule has 2 fully saturated rings. The van der Waals surface area contributed by atoms with Crippen LogP contribution in [0.15, 0.2) is 18.2 Å². The minimum absolute atomic E-state index is 0.0485. The van der Waals surface area contributed by atoms with Crippen molar-refractivity contribution < 1.29 is 18.9 Å². The summed E-state index contributed by atoms with van der Waals surface area (Å²) in [5.74, 6) is 0.865. The van der Waals surface area contributed by atoms with Gasteiger partial charge >= 0.3 is 0 Å². The largest absolute Gasteiger partial charge is 0.490 e. The number of anilines is 1. The van der Waals surface area contributed by atoms with E-state index in [0.717, 1.165) is 50.5 Å². The molecule has 3 aliphatic heterocycles. The summed E-state index contributed by atoms with van der Waals surface area (Å²) in [5.41, 5.74) is 1.11. The van der Waals surface area contributed by atoms with Gasteiger partial charge in [-0.15, -0.1) is 0 Å². The van der Waals surface area contributed by atoms with E-state index >= 15 is 0 Å². The van der Waals surface area contributed by atoms with E-state index in [0.29, 0.717) is 24.3 Å². The smallest absolute Gasteiger partial charge is 0.157 e. The molecule has 132 valence electrons. The average molecular weight is 354 g/mol. The van der Waals surface area contributed by atoms with Crippen LogP contribution in [0.5, 0.6) is 5.75 Å². The van der Waals surface area contributed by atoms with Crippen molar-refractivity contribution in [1.29, 1.82) is 0 Å². The van der Waals surface area contributed by atoms with Gasteiger partial charge in [0.05, 0.1) is 37.6 Å². The maximum absolute atomic E-state index is 6.07. The maximum atomic E-state index is 6.07. The molecule has 3 unspecified atom stereocenters. The molecule has 0 spiro atoms. The zero-order valence-corrected chi connectivity index (χ0v) is 14.5. The third-order valence-electron chi connectivity index (χ3n) is 4.93. The van der Waals surface area contributed by atoms with E-state index in [-0.39, 0.29) is 12.4 Å². The van der Waals surface area contributed by atoms with E-state index in [1.54, 1.807) is 0 Å². The molecule has 0 saturated carbocycles. The number of benzene rings is 1. The summed E-state index contributed by atoms with van der Waals surface area (Å²) in [7, 11) is 0. The Bertz CT molecular complexity index is 564.